The molecule has 0 aliphatic carbocycles. The molecule has 1 aromatic heterocycles. The summed E-state index contributed by atoms with van der Waals surface area (Å²) < 4.78 is 7.27. The number of ether oxygens (including phenoxy) is 1. The van der Waals surface area contributed by atoms with Crippen LogP contribution in [0.3, 0.4) is 0 Å². The average molecular weight is 331 g/mol. The summed E-state index contributed by atoms with van der Waals surface area (Å²) in [5.74, 6) is 0.802. The average Bonchev–Trinajstić information content (AvgIpc) is 3.26. The van der Waals surface area contributed by atoms with Crippen molar-refractivity contribution in [1.82, 2.24) is 14.4 Å². The summed E-state index contributed by atoms with van der Waals surface area (Å²) in [4.78, 5) is 29.3. The molecule has 3 fully saturated rings. The topological polar surface area (TPSA) is 54.8 Å². The van der Waals surface area contributed by atoms with Crippen LogP contribution in [0.5, 0.6) is 0 Å². The van der Waals surface area contributed by atoms with Crippen LogP contribution in [0.2, 0.25) is 0 Å². The van der Waals surface area contributed by atoms with Crippen LogP contribution in [-0.4, -0.2) is 64.6 Å². The molecule has 3 aliphatic rings. The van der Waals surface area contributed by atoms with Gasteiger partial charge in [0, 0.05) is 46.0 Å². The third kappa shape index (κ3) is 2.62. The smallest absolute Gasteiger partial charge is 0.270 e. The van der Waals surface area contributed by atoms with Crippen molar-refractivity contribution >= 4 is 11.8 Å². The molecule has 0 unspecified atom stereocenters. The van der Waals surface area contributed by atoms with E-state index in [2.05, 4.69) is 4.90 Å². The van der Waals surface area contributed by atoms with Gasteiger partial charge in [-0.05, 0) is 37.3 Å². The summed E-state index contributed by atoms with van der Waals surface area (Å²) in [6.45, 7) is 3.18. The predicted molar refractivity (Wildman–Crippen MR) is 88.5 cm³/mol. The van der Waals surface area contributed by atoms with Gasteiger partial charge in [0.1, 0.15) is 5.69 Å². The van der Waals surface area contributed by atoms with Crippen LogP contribution in [0.1, 0.15) is 36.2 Å². The molecule has 3 saturated heterocycles. The van der Waals surface area contributed by atoms with Crippen molar-refractivity contribution in [3.05, 3.63) is 24.0 Å². The van der Waals surface area contributed by atoms with Crippen LogP contribution in [0.15, 0.2) is 18.3 Å². The maximum Gasteiger partial charge on any atom is 0.270 e. The van der Waals surface area contributed by atoms with Crippen LogP contribution < -0.4 is 0 Å². The van der Waals surface area contributed by atoms with E-state index in [9.17, 15) is 9.59 Å². The van der Waals surface area contributed by atoms with Crippen molar-refractivity contribution in [2.45, 2.75) is 37.8 Å². The minimum absolute atomic E-state index is 0.0414. The van der Waals surface area contributed by atoms with Crippen LogP contribution in [0, 0.1) is 5.92 Å². The molecule has 4 heterocycles. The summed E-state index contributed by atoms with van der Waals surface area (Å²) in [6, 6.07) is 3.98. The molecular weight excluding hydrogens is 306 g/mol. The van der Waals surface area contributed by atoms with Crippen molar-refractivity contribution < 1.29 is 14.3 Å². The zero-order chi connectivity index (χ0) is 16.7. The molecule has 2 amide bonds. The molecule has 0 bridgehead atoms. The van der Waals surface area contributed by atoms with Crippen molar-refractivity contribution in [1.29, 1.82) is 0 Å². The molecule has 4 rings (SSSR count). The Balaban J connectivity index is 1.47. The number of rotatable bonds is 3. The van der Waals surface area contributed by atoms with Gasteiger partial charge in [-0.15, -0.1) is 0 Å². The standard InChI is InChI=1S/C18H25N3O3/c1-19-7-2-3-15(19)18(23)20-8-4-14-16(20)11-17(22)21(14)12-13-5-9-24-10-6-13/h2-3,7,13-14,16H,4-6,8-12H2,1H3/t14-,16+/m1/s1. The fourth-order valence-electron chi connectivity index (χ4n) is 4.46. The number of hydrogen-bond donors (Lipinski definition) is 0. The Labute approximate surface area is 142 Å². The largest absolute Gasteiger partial charge is 0.381 e. The number of likely N-dealkylation sites (tertiary alicyclic amines) is 2. The lowest BCUT2D eigenvalue weighted by atomic mass is 9.99. The summed E-state index contributed by atoms with van der Waals surface area (Å²) in [7, 11) is 1.89. The molecule has 2 atom stereocenters. The van der Waals surface area contributed by atoms with E-state index in [4.69, 9.17) is 4.74 Å². The lowest BCUT2D eigenvalue weighted by Crippen LogP contribution is -2.42. The monoisotopic (exact) mass is 331 g/mol. The minimum Gasteiger partial charge on any atom is -0.381 e. The van der Waals surface area contributed by atoms with Crippen LogP contribution in [0.25, 0.3) is 0 Å². The van der Waals surface area contributed by atoms with Crippen molar-refractivity contribution in [3.63, 3.8) is 0 Å². The highest BCUT2D eigenvalue weighted by molar-refractivity contribution is 5.94. The number of hydrogen-bond acceptors (Lipinski definition) is 3. The van der Waals surface area contributed by atoms with Gasteiger partial charge in [-0.25, -0.2) is 0 Å². The van der Waals surface area contributed by atoms with Gasteiger partial charge in [0.2, 0.25) is 5.91 Å². The van der Waals surface area contributed by atoms with Gasteiger partial charge < -0.3 is 19.1 Å². The summed E-state index contributed by atoms with van der Waals surface area (Å²) in [6.07, 6.45) is 5.33. The molecule has 0 radical (unpaired) electrons. The maximum atomic E-state index is 12.8. The second-order valence-corrected chi connectivity index (χ2v) is 7.23. The Morgan fingerprint density at radius 3 is 2.75 bits per heavy atom. The Hall–Kier alpha value is -1.82. The van der Waals surface area contributed by atoms with Gasteiger partial charge in [0.15, 0.2) is 0 Å². The SMILES string of the molecule is Cn1cccc1C(=O)N1CC[C@@H]2[C@@H]1CC(=O)N2CC1CCOCC1. The third-order valence-electron chi connectivity index (χ3n) is 5.83. The predicted octanol–water partition coefficient (Wildman–Crippen LogP) is 1.27. The first-order valence-corrected chi connectivity index (χ1v) is 8.94. The first-order valence-electron chi connectivity index (χ1n) is 8.94. The Bertz CT molecular complexity index is 635. The number of fused-ring (bicyclic) bond motifs is 1. The molecule has 6 heteroatoms. The van der Waals surface area contributed by atoms with E-state index < -0.39 is 0 Å². The molecule has 24 heavy (non-hydrogen) atoms. The summed E-state index contributed by atoms with van der Waals surface area (Å²) in [5.41, 5.74) is 0.700. The van der Waals surface area contributed by atoms with E-state index in [0.717, 1.165) is 45.6 Å². The highest BCUT2D eigenvalue weighted by atomic mass is 16.5. The van der Waals surface area contributed by atoms with E-state index in [0.29, 0.717) is 18.0 Å². The molecular formula is C18H25N3O3. The Kier molecular flexibility index (Phi) is 4.08. The van der Waals surface area contributed by atoms with E-state index in [1.165, 1.54) is 0 Å². The lowest BCUT2D eigenvalue weighted by molar-refractivity contribution is -0.130. The fraction of sp³-hybridized carbons (Fsp3) is 0.667. The first-order chi connectivity index (χ1) is 11.6. The fourth-order valence-corrected chi connectivity index (χ4v) is 4.46. The van der Waals surface area contributed by atoms with Crippen molar-refractivity contribution in [2.24, 2.45) is 13.0 Å². The molecule has 130 valence electrons. The van der Waals surface area contributed by atoms with Gasteiger partial charge in [0.25, 0.3) is 5.91 Å². The lowest BCUT2D eigenvalue weighted by Gasteiger charge is -2.30. The second kappa shape index (κ2) is 6.24. The number of aryl methyl sites for hydroxylation is 1. The number of carbonyl (C=O) groups excluding carboxylic acids is 2. The zero-order valence-electron chi connectivity index (χ0n) is 14.2. The van der Waals surface area contributed by atoms with Crippen LogP contribution in [0.4, 0.5) is 0 Å². The molecule has 0 aromatic carbocycles. The number of amides is 2. The van der Waals surface area contributed by atoms with Crippen LogP contribution in [-0.2, 0) is 16.6 Å². The summed E-state index contributed by atoms with van der Waals surface area (Å²) >= 11 is 0. The van der Waals surface area contributed by atoms with Crippen molar-refractivity contribution in [2.75, 3.05) is 26.3 Å². The van der Waals surface area contributed by atoms with E-state index >= 15 is 0 Å². The molecule has 0 saturated carbocycles. The molecule has 6 nitrogen and oxygen atoms in total. The van der Waals surface area contributed by atoms with Gasteiger partial charge >= 0.3 is 0 Å². The van der Waals surface area contributed by atoms with Crippen molar-refractivity contribution in [3.8, 4) is 0 Å². The first kappa shape index (κ1) is 15.7. The number of aromatic nitrogens is 1. The highest BCUT2D eigenvalue weighted by Gasteiger charge is 2.48. The Morgan fingerprint density at radius 2 is 2.04 bits per heavy atom. The third-order valence-corrected chi connectivity index (χ3v) is 5.83. The van der Waals surface area contributed by atoms with E-state index in [1.807, 2.05) is 34.8 Å². The molecule has 1 aromatic rings. The van der Waals surface area contributed by atoms with Crippen LogP contribution >= 0.6 is 0 Å². The maximum absolute atomic E-state index is 12.8. The molecule has 0 spiro atoms. The quantitative estimate of drug-likeness (QED) is 0.838. The normalized spacial score (nSPS) is 27.8. The molecule has 0 N–H and O–H groups in total. The highest BCUT2D eigenvalue weighted by Crippen LogP contribution is 2.34. The van der Waals surface area contributed by atoms with Gasteiger partial charge in [-0.1, -0.05) is 0 Å². The minimum atomic E-state index is 0.0414. The zero-order valence-corrected chi connectivity index (χ0v) is 14.2. The second-order valence-electron chi connectivity index (χ2n) is 7.23. The van der Waals surface area contributed by atoms with Gasteiger partial charge in [-0.2, -0.15) is 0 Å². The van der Waals surface area contributed by atoms with E-state index in [-0.39, 0.29) is 23.9 Å². The number of carbonyl (C=O) groups is 2. The molecule has 3 aliphatic heterocycles. The van der Waals surface area contributed by atoms with Gasteiger partial charge in [-0.3, -0.25) is 9.59 Å². The number of nitrogens with zero attached hydrogens (tertiary/aromatic N) is 3. The summed E-state index contributed by atoms with van der Waals surface area (Å²) in [5, 5.41) is 0. The van der Waals surface area contributed by atoms with Gasteiger partial charge in [0.05, 0.1) is 12.1 Å². The Morgan fingerprint density at radius 1 is 1.25 bits per heavy atom. The van der Waals surface area contributed by atoms with E-state index in [1.54, 1.807) is 0 Å².